The second-order valence-corrected chi connectivity index (χ2v) is 9.58. The summed E-state index contributed by atoms with van der Waals surface area (Å²) in [7, 11) is -7.94. The van der Waals surface area contributed by atoms with Crippen molar-refractivity contribution in [1.82, 2.24) is 0 Å². The van der Waals surface area contributed by atoms with Gasteiger partial charge in [-0.3, -0.25) is 4.72 Å². The molecule has 0 atom stereocenters. The van der Waals surface area contributed by atoms with Crippen LogP contribution in [0.2, 0.25) is 0 Å². The highest BCUT2D eigenvalue weighted by Crippen LogP contribution is 2.37. The molecule has 6 nitrogen and oxygen atoms in total. The monoisotopic (exact) mass is 400 g/mol. The van der Waals surface area contributed by atoms with Gasteiger partial charge in [0.1, 0.15) is 0 Å². The molecule has 0 saturated carbocycles. The molecule has 8 heteroatoms. The number of nitrogens with two attached hydrogens (primary N) is 1. The Morgan fingerprint density at radius 2 is 1.44 bits per heavy atom. The van der Waals surface area contributed by atoms with Crippen LogP contribution in [0.5, 0.6) is 0 Å². The highest BCUT2D eigenvalue weighted by molar-refractivity contribution is 7.93. The molecule has 0 unspecified atom stereocenters. The molecule has 138 valence electrons. The van der Waals surface area contributed by atoms with Crippen molar-refractivity contribution in [2.24, 2.45) is 5.14 Å². The maximum Gasteiger partial charge on any atom is 0.261 e. The summed E-state index contributed by atoms with van der Waals surface area (Å²) in [6.45, 7) is 0. The number of hydrogen-bond acceptors (Lipinski definition) is 4. The maximum atomic E-state index is 12.7. The van der Waals surface area contributed by atoms with Crippen LogP contribution in [0.4, 0.5) is 5.69 Å². The molecule has 0 heterocycles. The largest absolute Gasteiger partial charge is 0.280 e. The van der Waals surface area contributed by atoms with Crippen molar-refractivity contribution < 1.29 is 16.8 Å². The molecule has 3 aromatic carbocycles. The summed E-state index contributed by atoms with van der Waals surface area (Å²) in [5, 5.41) is 5.08. The lowest BCUT2D eigenvalue weighted by atomic mass is 10.1. The number of nitrogens with one attached hydrogen (secondary N) is 1. The van der Waals surface area contributed by atoms with Crippen molar-refractivity contribution in [3.05, 3.63) is 77.9 Å². The van der Waals surface area contributed by atoms with Crippen LogP contribution >= 0.6 is 0 Å². The fourth-order valence-corrected chi connectivity index (χ4v) is 4.97. The molecule has 4 rings (SSSR count). The molecule has 0 aromatic heterocycles. The molecule has 0 fully saturated rings. The maximum absolute atomic E-state index is 12.7. The van der Waals surface area contributed by atoms with Crippen LogP contribution < -0.4 is 9.86 Å². The SMILES string of the molecule is NS(=O)(=O)c1cccc(S(=O)(=O)Nc2ccc3c(c2)Cc2ccccc2-3)c1. The average Bonchev–Trinajstić information content (AvgIpc) is 2.98. The highest BCUT2D eigenvalue weighted by Gasteiger charge is 2.21. The zero-order valence-corrected chi connectivity index (χ0v) is 15.7. The molecular weight excluding hydrogens is 384 g/mol. The Morgan fingerprint density at radius 1 is 0.741 bits per heavy atom. The standard InChI is InChI=1S/C19H16N2O4S2/c20-26(22,23)16-5-3-6-17(12-16)27(24,25)21-15-8-9-19-14(11-15)10-13-4-1-2-7-18(13)19/h1-9,11-12,21H,10H2,(H2,20,22,23). The molecule has 0 saturated heterocycles. The molecule has 0 radical (unpaired) electrons. The normalized spacial score (nSPS) is 13.1. The summed E-state index contributed by atoms with van der Waals surface area (Å²) in [6, 6.07) is 18.4. The third-order valence-corrected chi connectivity index (χ3v) is 6.78. The van der Waals surface area contributed by atoms with E-state index in [1.54, 1.807) is 12.1 Å². The van der Waals surface area contributed by atoms with Gasteiger partial charge in [0.25, 0.3) is 10.0 Å². The molecule has 0 amide bonds. The van der Waals surface area contributed by atoms with Crippen LogP contribution in [0.1, 0.15) is 11.1 Å². The second kappa shape index (κ2) is 6.19. The smallest absolute Gasteiger partial charge is 0.261 e. The Balaban J connectivity index is 1.66. The predicted octanol–water partition coefficient (Wildman–Crippen LogP) is 2.71. The molecule has 1 aliphatic carbocycles. The van der Waals surface area contributed by atoms with Gasteiger partial charge in [-0.2, -0.15) is 0 Å². The van der Waals surface area contributed by atoms with Crippen molar-refractivity contribution in [3.63, 3.8) is 0 Å². The summed E-state index contributed by atoms with van der Waals surface area (Å²) in [6.07, 6.45) is 0.738. The third-order valence-electron chi connectivity index (χ3n) is 4.49. The van der Waals surface area contributed by atoms with Crippen LogP contribution in [0, 0.1) is 0 Å². The summed E-state index contributed by atoms with van der Waals surface area (Å²) >= 11 is 0. The van der Waals surface area contributed by atoms with Crippen molar-refractivity contribution in [1.29, 1.82) is 0 Å². The van der Waals surface area contributed by atoms with Gasteiger partial charge >= 0.3 is 0 Å². The molecule has 1 aliphatic rings. The van der Waals surface area contributed by atoms with Gasteiger partial charge < -0.3 is 0 Å². The second-order valence-electron chi connectivity index (χ2n) is 6.33. The first-order valence-corrected chi connectivity index (χ1v) is 11.1. The van der Waals surface area contributed by atoms with Crippen LogP contribution in [0.25, 0.3) is 11.1 Å². The van der Waals surface area contributed by atoms with Gasteiger partial charge in [-0.25, -0.2) is 22.0 Å². The number of anilines is 1. The Labute approximate surface area is 157 Å². The van der Waals surface area contributed by atoms with E-state index in [1.807, 2.05) is 24.3 Å². The van der Waals surface area contributed by atoms with Gasteiger partial charge in [-0.15, -0.1) is 0 Å². The first-order valence-electron chi connectivity index (χ1n) is 8.11. The Kier molecular flexibility index (Phi) is 4.06. The van der Waals surface area contributed by atoms with Crippen molar-refractivity contribution in [2.45, 2.75) is 16.2 Å². The fourth-order valence-electron chi connectivity index (χ4n) is 3.24. The Bertz CT molecular complexity index is 1270. The number of sulfonamides is 2. The van der Waals surface area contributed by atoms with Crippen molar-refractivity contribution >= 4 is 25.7 Å². The van der Waals surface area contributed by atoms with E-state index < -0.39 is 20.0 Å². The molecule has 3 aromatic rings. The van der Waals surface area contributed by atoms with E-state index >= 15 is 0 Å². The molecule has 3 N–H and O–H groups in total. The van der Waals surface area contributed by atoms with Gasteiger partial charge in [0.2, 0.25) is 10.0 Å². The number of rotatable bonds is 4. The van der Waals surface area contributed by atoms with Gasteiger partial charge in [-0.1, -0.05) is 36.4 Å². The van der Waals surface area contributed by atoms with Crippen molar-refractivity contribution in [2.75, 3.05) is 4.72 Å². The zero-order chi connectivity index (χ0) is 19.2. The van der Waals surface area contributed by atoms with Gasteiger partial charge in [0.05, 0.1) is 9.79 Å². The first kappa shape index (κ1) is 17.7. The number of hydrogen-bond donors (Lipinski definition) is 2. The van der Waals surface area contributed by atoms with E-state index in [9.17, 15) is 16.8 Å². The summed E-state index contributed by atoms with van der Waals surface area (Å²) < 4.78 is 50.7. The lowest BCUT2D eigenvalue weighted by Crippen LogP contribution is -2.16. The summed E-state index contributed by atoms with van der Waals surface area (Å²) in [5.74, 6) is 0. The lowest BCUT2D eigenvalue weighted by Gasteiger charge is -2.10. The zero-order valence-electron chi connectivity index (χ0n) is 14.1. The van der Waals surface area contributed by atoms with Crippen LogP contribution in [0.3, 0.4) is 0 Å². The third kappa shape index (κ3) is 3.34. The first-order chi connectivity index (χ1) is 12.7. The number of fused-ring (bicyclic) bond motifs is 3. The van der Waals surface area contributed by atoms with Gasteiger partial charge in [0, 0.05) is 5.69 Å². The van der Waals surface area contributed by atoms with E-state index in [1.165, 1.54) is 23.8 Å². The van der Waals surface area contributed by atoms with E-state index in [0.29, 0.717) is 5.69 Å². The van der Waals surface area contributed by atoms with E-state index in [2.05, 4.69) is 10.8 Å². The lowest BCUT2D eigenvalue weighted by molar-refractivity contribution is 0.597. The minimum absolute atomic E-state index is 0.169. The summed E-state index contributed by atoms with van der Waals surface area (Å²) in [5.41, 5.74) is 4.90. The van der Waals surface area contributed by atoms with Crippen LogP contribution in [-0.4, -0.2) is 16.8 Å². The van der Waals surface area contributed by atoms with Crippen LogP contribution in [0.15, 0.2) is 76.5 Å². The predicted molar refractivity (Wildman–Crippen MR) is 103 cm³/mol. The summed E-state index contributed by atoms with van der Waals surface area (Å²) in [4.78, 5) is -0.424. The van der Waals surface area contributed by atoms with Crippen LogP contribution in [-0.2, 0) is 26.5 Å². The minimum Gasteiger partial charge on any atom is -0.280 e. The fraction of sp³-hybridized carbons (Fsp3) is 0.0526. The number of benzene rings is 3. The minimum atomic E-state index is -3.99. The van der Waals surface area contributed by atoms with Crippen molar-refractivity contribution in [3.8, 4) is 11.1 Å². The molecule has 0 aliphatic heterocycles. The van der Waals surface area contributed by atoms with Gasteiger partial charge in [0.15, 0.2) is 0 Å². The topological polar surface area (TPSA) is 106 Å². The average molecular weight is 400 g/mol. The van der Waals surface area contributed by atoms with E-state index in [4.69, 9.17) is 5.14 Å². The van der Waals surface area contributed by atoms with Gasteiger partial charge in [-0.05, 0) is 59.0 Å². The van der Waals surface area contributed by atoms with E-state index in [0.717, 1.165) is 29.2 Å². The van der Waals surface area contributed by atoms with E-state index in [-0.39, 0.29) is 9.79 Å². The molecule has 0 bridgehead atoms. The number of primary sulfonamides is 1. The molecule has 0 spiro atoms. The Hall–Kier alpha value is -2.68. The quantitative estimate of drug-likeness (QED) is 0.549. The Morgan fingerprint density at radius 3 is 2.22 bits per heavy atom. The molecular formula is C19H16N2O4S2. The molecule has 27 heavy (non-hydrogen) atoms. The highest BCUT2D eigenvalue weighted by atomic mass is 32.2.